The first kappa shape index (κ1) is 13.1. The lowest BCUT2D eigenvalue weighted by molar-refractivity contribution is 0.355. The SMILES string of the molecule is COc1ccc(NCc2ccc(F)nc2)cc1OC. The lowest BCUT2D eigenvalue weighted by atomic mass is 10.2. The lowest BCUT2D eigenvalue weighted by Crippen LogP contribution is -2.01. The quantitative estimate of drug-likeness (QED) is 0.841. The Morgan fingerprint density at radius 1 is 1.11 bits per heavy atom. The summed E-state index contributed by atoms with van der Waals surface area (Å²) in [6, 6.07) is 8.58. The van der Waals surface area contributed by atoms with E-state index in [-0.39, 0.29) is 0 Å². The summed E-state index contributed by atoms with van der Waals surface area (Å²) in [5.41, 5.74) is 1.79. The third-order valence-electron chi connectivity index (χ3n) is 2.67. The first-order valence-electron chi connectivity index (χ1n) is 5.79. The van der Waals surface area contributed by atoms with Crippen molar-refractivity contribution in [2.24, 2.45) is 0 Å². The predicted molar refractivity (Wildman–Crippen MR) is 71.1 cm³/mol. The molecular formula is C14H15FN2O2. The van der Waals surface area contributed by atoms with Gasteiger partial charge in [0.15, 0.2) is 11.5 Å². The monoisotopic (exact) mass is 262 g/mol. The molecule has 2 aromatic rings. The molecule has 1 aromatic carbocycles. The molecule has 0 radical (unpaired) electrons. The van der Waals surface area contributed by atoms with Crippen molar-refractivity contribution in [3.05, 3.63) is 48.0 Å². The number of hydrogen-bond donors (Lipinski definition) is 1. The van der Waals surface area contributed by atoms with E-state index in [0.29, 0.717) is 18.0 Å². The van der Waals surface area contributed by atoms with Gasteiger partial charge in [-0.3, -0.25) is 0 Å². The van der Waals surface area contributed by atoms with Gasteiger partial charge in [0.2, 0.25) is 5.95 Å². The van der Waals surface area contributed by atoms with Gasteiger partial charge in [-0.15, -0.1) is 0 Å². The fourth-order valence-corrected chi connectivity index (χ4v) is 1.66. The van der Waals surface area contributed by atoms with E-state index in [0.717, 1.165) is 11.3 Å². The van der Waals surface area contributed by atoms with E-state index < -0.39 is 5.95 Å². The Morgan fingerprint density at radius 2 is 1.89 bits per heavy atom. The molecule has 0 aliphatic rings. The zero-order chi connectivity index (χ0) is 13.7. The minimum absolute atomic E-state index is 0.477. The highest BCUT2D eigenvalue weighted by molar-refractivity contribution is 5.54. The molecule has 1 heterocycles. The zero-order valence-corrected chi connectivity index (χ0v) is 10.8. The Hall–Kier alpha value is -2.30. The number of anilines is 1. The summed E-state index contributed by atoms with van der Waals surface area (Å²) in [7, 11) is 3.18. The van der Waals surface area contributed by atoms with Gasteiger partial charge in [0, 0.05) is 24.5 Å². The Kier molecular flexibility index (Phi) is 4.18. The van der Waals surface area contributed by atoms with Crippen molar-refractivity contribution in [2.75, 3.05) is 19.5 Å². The van der Waals surface area contributed by atoms with E-state index in [4.69, 9.17) is 9.47 Å². The highest BCUT2D eigenvalue weighted by Crippen LogP contribution is 2.29. The summed E-state index contributed by atoms with van der Waals surface area (Å²) in [5.74, 6) is 0.857. The van der Waals surface area contributed by atoms with Crippen LogP contribution in [-0.4, -0.2) is 19.2 Å². The number of nitrogens with one attached hydrogen (secondary N) is 1. The minimum Gasteiger partial charge on any atom is -0.493 e. The van der Waals surface area contributed by atoms with Crippen LogP contribution in [0.3, 0.4) is 0 Å². The number of halogens is 1. The summed E-state index contributed by atoms with van der Waals surface area (Å²) >= 11 is 0. The normalized spacial score (nSPS) is 10.1. The molecule has 100 valence electrons. The number of benzene rings is 1. The second-order valence-corrected chi connectivity index (χ2v) is 3.91. The van der Waals surface area contributed by atoms with Crippen LogP contribution in [0.25, 0.3) is 0 Å². The molecule has 0 aliphatic heterocycles. The van der Waals surface area contributed by atoms with E-state index in [1.807, 2.05) is 18.2 Å². The predicted octanol–water partition coefficient (Wildman–Crippen LogP) is 2.85. The van der Waals surface area contributed by atoms with Crippen molar-refractivity contribution in [1.29, 1.82) is 0 Å². The van der Waals surface area contributed by atoms with Crippen LogP contribution >= 0.6 is 0 Å². The molecule has 0 aliphatic carbocycles. The molecule has 0 saturated heterocycles. The Bertz CT molecular complexity index is 544. The van der Waals surface area contributed by atoms with Crippen LogP contribution in [0.15, 0.2) is 36.5 Å². The minimum atomic E-state index is -0.477. The molecule has 0 bridgehead atoms. The van der Waals surface area contributed by atoms with Crippen LogP contribution in [-0.2, 0) is 6.54 Å². The van der Waals surface area contributed by atoms with E-state index in [1.54, 1.807) is 20.3 Å². The van der Waals surface area contributed by atoms with Gasteiger partial charge < -0.3 is 14.8 Å². The van der Waals surface area contributed by atoms with E-state index in [2.05, 4.69) is 10.3 Å². The Balaban J connectivity index is 2.05. The maximum absolute atomic E-state index is 12.7. The molecule has 1 N–H and O–H groups in total. The average molecular weight is 262 g/mol. The van der Waals surface area contributed by atoms with Crippen molar-refractivity contribution >= 4 is 5.69 Å². The van der Waals surface area contributed by atoms with Gasteiger partial charge >= 0.3 is 0 Å². The van der Waals surface area contributed by atoms with Crippen LogP contribution in [0.4, 0.5) is 10.1 Å². The number of methoxy groups -OCH3 is 2. The third-order valence-corrected chi connectivity index (χ3v) is 2.67. The van der Waals surface area contributed by atoms with Gasteiger partial charge in [0.25, 0.3) is 0 Å². The van der Waals surface area contributed by atoms with Crippen molar-refractivity contribution in [1.82, 2.24) is 4.98 Å². The lowest BCUT2D eigenvalue weighted by Gasteiger charge is -2.11. The second kappa shape index (κ2) is 6.04. The van der Waals surface area contributed by atoms with Crippen LogP contribution in [0.1, 0.15) is 5.56 Å². The van der Waals surface area contributed by atoms with Gasteiger partial charge in [-0.25, -0.2) is 4.98 Å². The standard InChI is InChI=1S/C14H15FN2O2/c1-18-12-5-4-11(7-13(12)19-2)16-8-10-3-6-14(15)17-9-10/h3-7,9,16H,8H2,1-2H3. The Labute approximate surface area is 111 Å². The summed E-state index contributed by atoms with van der Waals surface area (Å²) in [6.45, 7) is 0.558. The van der Waals surface area contributed by atoms with Crippen molar-refractivity contribution in [3.8, 4) is 11.5 Å². The highest BCUT2D eigenvalue weighted by atomic mass is 19.1. The van der Waals surface area contributed by atoms with Crippen LogP contribution < -0.4 is 14.8 Å². The van der Waals surface area contributed by atoms with Crippen molar-refractivity contribution in [2.45, 2.75) is 6.54 Å². The first-order valence-corrected chi connectivity index (χ1v) is 5.79. The van der Waals surface area contributed by atoms with Crippen LogP contribution in [0, 0.1) is 5.95 Å². The summed E-state index contributed by atoms with van der Waals surface area (Å²) in [4.78, 5) is 3.60. The fourth-order valence-electron chi connectivity index (χ4n) is 1.66. The summed E-state index contributed by atoms with van der Waals surface area (Å²) < 4.78 is 23.1. The van der Waals surface area contributed by atoms with E-state index >= 15 is 0 Å². The van der Waals surface area contributed by atoms with Gasteiger partial charge in [0.05, 0.1) is 14.2 Å². The van der Waals surface area contributed by atoms with E-state index in [1.165, 1.54) is 12.3 Å². The number of nitrogens with zero attached hydrogens (tertiary/aromatic N) is 1. The van der Waals surface area contributed by atoms with Crippen molar-refractivity contribution in [3.63, 3.8) is 0 Å². The summed E-state index contributed by atoms with van der Waals surface area (Å²) in [6.07, 6.45) is 1.50. The fraction of sp³-hybridized carbons (Fsp3) is 0.214. The topological polar surface area (TPSA) is 43.4 Å². The molecule has 0 atom stereocenters. The molecule has 0 saturated carbocycles. The molecule has 4 nitrogen and oxygen atoms in total. The molecule has 0 amide bonds. The van der Waals surface area contributed by atoms with Crippen molar-refractivity contribution < 1.29 is 13.9 Å². The maximum Gasteiger partial charge on any atom is 0.212 e. The van der Waals surface area contributed by atoms with Gasteiger partial charge in [-0.1, -0.05) is 6.07 Å². The molecular weight excluding hydrogens is 247 g/mol. The molecule has 0 fully saturated rings. The highest BCUT2D eigenvalue weighted by Gasteiger charge is 2.04. The van der Waals surface area contributed by atoms with Crippen LogP contribution in [0.2, 0.25) is 0 Å². The number of aromatic nitrogens is 1. The molecule has 5 heteroatoms. The third kappa shape index (κ3) is 3.34. The second-order valence-electron chi connectivity index (χ2n) is 3.91. The number of hydrogen-bond acceptors (Lipinski definition) is 4. The van der Waals surface area contributed by atoms with Gasteiger partial charge in [-0.05, 0) is 23.8 Å². The Morgan fingerprint density at radius 3 is 2.53 bits per heavy atom. The van der Waals surface area contributed by atoms with Gasteiger partial charge in [-0.2, -0.15) is 4.39 Å². The van der Waals surface area contributed by atoms with Gasteiger partial charge in [0.1, 0.15) is 0 Å². The largest absolute Gasteiger partial charge is 0.493 e. The molecule has 0 unspecified atom stereocenters. The smallest absolute Gasteiger partial charge is 0.212 e. The summed E-state index contributed by atoms with van der Waals surface area (Å²) in [5, 5.41) is 3.21. The molecule has 0 spiro atoms. The number of ether oxygens (including phenoxy) is 2. The molecule has 1 aromatic heterocycles. The van der Waals surface area contributed by atoms with Crippen LogP contribution in [0.5, 0.6) is 11.5 Å². The first-order chi connectivity index (χ1) is 9.22. The number of pyridine rings is 1. The molecule has 2 rings (SSSR count). The average Bonchev–Trinajstić information content (AvgIpc) is 2.46. The molecule has 19 heavy (non-hydrogen) atoms. The number of rotatable bonds is 5. The zero-order valence-electron chi connectivity index (χ0n) is 10.8. The maximum atomic E-state index is 12.7. The van der Waals surface area contributed by atoms with E-state index in [9.17, 15) is 4.39 Å².